The van der Waals surface area contributed by atoms with E-state index in [2.05, 4.69) is 23.1 Å². The maximum Gasteiger partial charge on any atom is 0.258 e. The largest absolute Gasteiger partial charge is 0.493 e. The van der Waals surface area contributed by atoms with Gasteiger partial charge in [0.2, 0.25) is 5.91 Å². The monoisotopic (exact) mass is 572 g/mol. The molecule has 1 aliphatic carbocycles. The first kappa shape index (κ1) is 28.3. The topological polar surface area (TPSA) is 84.4 Å². The van der Waals surface area contributed by atoms with E-state index in [1.807, 2.05) is 15.9 Å². The number of nitrogens with zero attached hydrogens (tertiary/aromatic N) is 4. The molecule has 0 bridgehead atoms. The Bertz CT molecular complexity index is 1470. The van der Waals surface area contributed by atoms with E-state index in [1.165, 1.54) is 17.5 Å². The number of aryl methyl sites for hydroxylation is 2. The second-order valence-electron chi connectivity index (χ2n) is 11.3. The van der Waals surface area contributed by atoms with Gasteiger partial charge in [0.05, 0.1) is 38.5 Å². The van der Waals surface area contributed by atoms with Crippen molar-refractivity contribution in [1.29, 1.82) is 0 Å². The Hall–Kier alpha value is -3.85. The Morgan fingerprint density at radius 3 is 2.55 bits per heavy atom. The van der Waals surface area contributed by atoms with Crippen LogP contribution in [0.1, 0.15) is 52.7 Å². The molecule has 2 saturated heterocycles. The highest BCUT2D eigenvalue weighted by Gasteiger charge is 2.27. The van der Waals surface area contributed by atoms with Crippen LogP contribution in [0.3, 0.4) is 0 Å². The van der Waals surface area contributed by atoms with Crippen molar-refractivity contribution >= 4 is 28.5 Å². The van der Waals surface area contributed by atoms with Gasteiger partial charge in [-0.15, -0.1) is 0 Å². The third kappa shape index (κ3) is 5.75. The molecule has 0 saturated carbocycles. The summed E-state index contributed by atoms with van der Waals surface area (Å²) in [5.41, 5.74) is 5.26. The van der Waals surface area contributed by atoms with Crippen LogP contribution in [0.25, 0.3) is 10.9 Å². The Morgan fingerprint density at radius 1 is 1.00 bits per heavy atom. The summed E-state index contributed by atoms with van der Waals surface area (Å²) in [6.07, 6.45) is 5.58. The van der Waals surface area contributed by atoms with Crippen molar-refractivity contribution in [2.45, 2.75) is 45.1 Å². The predicted molar refractivity (Wildman–Crippen MR) is 162 cm³/mol. The number of carbonyl (C=O) groups excluding carboxylic acids is 2. The van der Waals surface area contributed by atoms with E-state index in [0.717, 1.165) is 61.2 Å². The first-order chi connectivity index (χ1) is 20.6. The smallest absolute Gasteiger partial charge is 0.258 e. The number of likely N-dealkylation sites (tertiary alicyclic amines) is 1. The average molecular weight is 573 g/mol. The Labute approximate surface area is 247 Å². The zero-order valence-corrected chi connectivity index (χ0v) is 24.7. The van der Waals surface area contributed by atoms with E-state index in [9.17, 15) is 9.59 Å². The van der Waals surface area contributed by atoms with Crippen LogP contribution in [-0.4, -0.2) is 86.8 Å². The van der Waals surface area contributed by atoms with Gasteiger partial charge in [0.15, 0.2) is 11.5 Å². The fraction of sp³-hybridized carbons (Fsp3) is 0.485. The van der Waals surface area contributed by atoms with Crippen molar-refractivity contribution in [1.82, 2.24) is 14.8 Å². The fourth-order valence-corrected chi connectivity index (χ4v) is 6.52. The predicted octanol–water partition coefficient (Wildman–Crippen LogP) is 4.23. The van der Waals surface area contributed by atoms with Gasteiger partial charge >= 0.3 is 0 Å². The minimum atomic E-state index is -0.138. The molecule has 222 valence electrons. The molecule has 3 aromatic rings. The van der Waals surface area contributed by atoms with Gasteiger partial charge in [0.1, 0.15) is 5.82 Å². The number of hydrogen-bond acceptors (Lipinski definition) is 7. The van der Waals surface area contributed by atoms with Crippen LogP contribution in [-0.2, 0) is 28.9 Å². The summed E-state index contributed by atoms with van der Waals surface area (Å²) in [5, 5.41) is 1.11. The van der Waals surface area contributed by atoms with Gasteiger partial charge in [-0.05, 0) is 73.6 Å². The Balaban J connectivity index is 1.37. The molecule has 2 aromatic carbocycles. The zero-order chi connectivity index (χ0) is 29.1. The second kappa shape index (κ2) is 12.6. The summed E-state index contributed by atoms with van der Waals surface area (Å²) in [5.74, 6) is 1.91. The van der Waals surface area contributed by atoms with Crippen molar-refractivity contribution in [3.05, 3.63) is 58.7 Å². The molecule has 6 rings (SSSR count). The van der Waals surface area contributed by atoms with Crippen LogP contribution in [0, 0.1) is 0 Å². The molecular weight excluding hydrogens is 532 g/mol. The highest BCUT2D eigenvalue weighted by atomic mass is 16.5. The second-order valence-corrected chi connectivity index (χ2v) is 11.3. The number of ether oxygens (including phenoxy) is 3. The van der Waals surface area contributed by atoms with Crippen LogP contribution in [0.2, 0.25) is 0 Å². The summed E-state index contributed by atoms with van der Waals surface area (Å²) < 4.78 is 16.8. The van der Waals surface area contributed by atoms with Crippen LogP contribution < -0.4 is 14.4 Å². The number of hydrogen-bond donors (Lipinski definition) is 0. The van der Waals surface area contributed by atoms with Gasteiger partial charge < -0.3 is 28.9 Å². The molecule has 0 unspecified atom stereocenters. The standard InChI is InChI=1S/C33H40N4O5/c1-40-29-10-4-9-27(31(29)41-2)33(39)37(14-6-13-35-12-5-11-30(35)38)22-26-20-25-19-23-7-3-8-24(23)21-28(25)34-32(26)36-15-17-42-18-16-36/h4,9-10,19-21H,3,5-8,11-18,22H2,1-2H3. The molecule has 2 aliphatic heterocycles. The quantitative estimate of drug-likeness (QED) is 0.360. The van der Waals surface area contributed by atoms with Crippen LogP contribution in [0.4, 0.5) is 5.82 Å². The first-order valence-corrected chi connectivity index (χ1v) is 15.1. The highest BCUT2D eigenvalue weighted by molar-refractivity contribution is 5.98. The minimum absolute atomic E-state index is 0.138. The molecule has 2 fully saturated rings. The van der Waals surface area contributed by atoms with Gasteiger partial charge in [0.25, 0.3) is 5.91 Å². The first-order valence-electron chi connectivity index (χ1n) is 15.1. The number of benzene rings is 2. The number of anilines is 1. The van der Waals surface area contributed by atoms with Gasteiger partial charge in [0, 0.05) is 56.6 Å². The molecule has 0 N–H and O–H groups in total. The maximum absolute atomic E-state index is 14.2. The van der Waals surface area contributed by atoms with Gasteiger partial charge in [-0.2, -0.15) is 0 Å². The molecule has 2 amide bonds. The number of fused-ring (bicyclic) bond motifs is 2. The number of para-hydroxylation sites is 1. The number of aromatic nitrogens is 1. The SMILES string of the molecule is COc1cccc(C(=O)N(CCCN2CCCC2=O)Cc2cc3cc4c(cc3nc2N2CCOCC2)CCC4)c1OC. The van der Waals surface area contributed by atoms with Crippen LogP contribution in [0.15, 0.2) is 36.4 Å². The number of carbonyl (C=O) groups is 2. The van der Waals surface area contributed by atoms with Gasteiger partial charge in [-0.3, -0.25) is 9.59 Å². The lowest BCUT2D eigenvalue weighted by Crippen LogP contribution is -2.39. The van der Waals surface area contributed by atoms with E-state index in [-0.39, 0.29) is 11.8 Å². The summed E-state index contributed by atoms with van der Waals surface area (Å²) in [6.45, 7) is 5.12. The maximum atomic E-state index is 14.2. The third-order valence-corrected chi connectivity index (χ3v) is 8.70. The molecule has 9 nitrogen and oxygen atoms in total. The number of amides is 2. The van der Waals surface area contributed by atoms with Crippen LogP contribution >= 0.6 is 0 Å². The zero-order valence-electron chi connectivity index (χ0n) is 24.7. The van der Waals surface area contributed by atoms with E-state index in [0.29, 0.717) is 62.8 Å². The van der Waals surface area contributed by atoms with E-state index < -0.39 is 0 Å². The molecule has 3 heterocycles. The van der Waals surface area contributed by atoms with Crippen molar-refractivity contribution in [2.24, 2.45) is 0 Å². The molecule has 0 atom stereocenters. The number of morpholine rings is 1. The lowest BCUT2D eigenvalue weighted by Gasteiger charge is -2.32. The van der Waals surface area contributed by atoms with E-state index in [1.54, 1.807) is 26.4 Å². The molecule has 0 spiro atoms. The summed E-state index contributed by atoms with van der Waals surface area (Å²) >= 11 is 0. The van der Waals surface area contributed by atoms with E-state index in [4.69, 9.17) is 19.2 Å². The van der Waals surface area contributed by atoms with Crippen molar-refractivity contribution in [3.8, 4) is 11.5 Å². The van der Waals surface area contributed by atoms with Gasteiger partial charge in [-0.25, -0.2) is 4.98 Å². The van der Waals surface area contributed by atoms with Crippen molar-refractivity contribution < 1.29 is 23.8 Å². The highest BCUT2D eigenvalue weighted by Crippen LogP contribution is 2.34. The summed E-state index contributed by atoms with van der Waals surface area (Å²) in [6, 6.07) is 12.1. The molecule has 42 heavy (non-hydrogen) atoms. The van der Waals surface area contributed by atoms with Crippen molar-refractivity contribution in [2.75, 3.05) is 65.1 Å². The minimum Gasteiger partial charge on any atom is -0.493 e. The summed E-state index contributed by atoms with van der Waals surface area (Å²) in [7, 11) is 3.13. The van der Waals surface area contributed by atoms with Crippen LogP contribution in [0.5, 0.6) is 11.5 Å². The lowest BCUT2D eigenvalue weighted by atomic mass is 10.0. The lowest BCUT2D eigenvalue weighted by molar-refractivity contribution is -0.127. The average Bonchev–Trinajstić information content (AvgIpc) is 3.66. The molecule has 0 radical (unpaired) electrons. The van der Waals surface area contributed by atoms with Crippen molar-refractivity contribution in [3.63, 3.8) is 0 Å². The molecule has 3 aliphatic rings. The van der Waals surface area contributed by atoms with Gasteiger partial charge in [-0.1, -0.05) is 6.07 Å². The Kier molecular flexibility index (Phi) is 8.46. The Morgan fingerprint density at radius 2 is 1.81 bits per heavy atom. The summed E-state index contributed by atoms with van der Waals surface area (Å²) in [4.78, 5) is 37.8. The number of rotatable bonds is 10. The third-order valence-electron chi connectivity index (χ3n) is 8.70. The molecule has 9 heteroatoms. The normalized spacial score (nSPS) is 16.7. The fourth-order valence-electron chi connectivity index (χ4n) is 6.52. The number of pyridine rings is 1. The molecule has 1 aromatic heterocycles. The molecular formula is C33H40N4O5. The number of methoxy groups -OCH3 is 2. The van der Waals surface area contributed by atoms with E-state index >= 15 is 0 Å².